The van der Waals surface area contributed by atoms with E-state index in [0.29, 0.717) is 36.7 Å². The van der Waals surface area contributed by atoms with Crippen LogP contribution in [0.1, 0.15) is 27.2 Å². The Hall–Kier alpha value is -1.50. The van der Waals surface area contributed by atoms with Crippen LogP contribution in [0.15, 0.2) is 17.4 Å². The van der Waals surface area contributed by atoms with E-state index >= 15 is 0 Å². The first kappa shape index (κ1) is 16.9. The molecule has 1 aliphatic heterocycles. The summed E-state index contributed by atoms with van der Waals surface area (Å²) in [5.74, 6) is 0.885. The Labute approximate surface area is 135 Å². The lowest BCUT2D eigenvalue weighted by molar-refractivity contribution is 0.0284. The van der Waals surface area contributed by atoms with Gasteiger partial charge in [0.15, 0.2) is 5.16 Å². The van der Waals surface area contributed by atoms with E-state index in [1.54, 1.807) is 17.2 Å². The number of rotatable bonds is 4. The van der Waals surface area contributed by atoms with Crippen LogP contribution in [0.4, 0.5) is 4.79 Å². The maximum Gasteiger partial charge on any atom is 0.410 e. The van der Waals surface area contributed by atoms with E-state index in [9.17, 15) is 4.79 Å². The minimum absolute atomic E-state index is 0.248. The summed E-state index contributed by atoms with van der Waals surface area (Å²) in [5, 5.41) is 0.694. The number of nitrogens with zero attached hydrogens (tertiary/aromatic N) is 3. The zero-order valence-electron chi connectivity index (χ0n) is 13.5. The van der Waals surface area contributed by atoms with Crippen LogP contribution in [0.2, 0.25) is 0 Å². The Morgan fingerprint density at radius 3 is 2.95 bits per heavy atom. The molecule has 7 heteroatoms. The molecule has 22 heavy (non-hydrogen) atoms. The predicted molar refractivity (Wildman–Crippen MR) is 85.2 cm³/mol. The van der Waals surface area contributed by atoms with Gasteiger partial charge < -0.3 is 14.4 Å². The van der Waals surface area contributed by atoms with Gasteiger partial charge in [0.2, 0.25) is 5.88 Å². The largest absolute Gasteiger partial charge is 0.477 e. The fraction of sp³-hybridized carbons (Fsp3) is 0.667. The standard InChI is InChI=1S/C15H23N3O3S/c1-15(2,3)21-14(19)18-8-6-11(9-18)10-20-12-5-7-16-13(17-12)22-4/h5,7,11H,6,8-10H2,1-4H3/t11-/m0/s1. The molecule has 0 aromatic carbocycles. The molecule has 0 aliphatic carbocycles. The van der Waals surface area contributed by atoms with Crippen LogP contribution < -0.4 is 4.74 Å². The highest BCUT2D eigenvalue weighted by molar-refractivity contribution is 7.98. The first-order valence-electron chi connectivity index (χ1n) is 7.35. The molecular weight excluding hydrogens is 302 g/mol. The van der Waals surface area contributed by atoms with Crippen LogP contribution >= 0.6 is 11.8 Å². The van der Waals surface area contributed by atoms with Gasteiger partial charge in [-0.1, -0.05) is 11.8 Å². The number of hydrogen-bond acceptors (Lipinski definition) is 6. The fourth-order valence-corrected chi connectivity index (χ4v) is 2.52. The molecule has 2 rings (SSSR count). The lowest BCUT2D eigenvalue weighted by Crippen LogP contribution is -2.35. The van der Waals surface area contributed by atoms with Gasteiger partial charge in [0, 0.05) is 31.3 Å². The van der Waals surface area contributed by atoms with Gasteiger partial charge >= 0.3 is 6.09 Å². The zero-order chi connectivity index (χ0) is 16.2. The number of carbonyl (C=O) groups excluding carboxylic acids is 1. The SMILES string of the molecule is CSc1nccc(OC[C@H]2CCN(C(=O)OC(C)(C)C)C2)n1. The average molecular weight is 325 g/mol. The van der Waals surface area contributed by atoms with Crippen molar-refractivity contribution in [1.29, 1.82) is 0 Å². The van der Waals surface area contributed by atoms with Gasteiger partial charge in [0.1, 0.15) is 5.60 Å². The minimum atomic E-state index is -0.457. The highest BCUT2D eigenvalue weighted by Gasteiger charge is 2.30. The number of ether oxygens (including phenoxy) is 2. The molecule has 0 N–H and O–H groups in total. The molecule has 0 spiro atoms. The Balaban J connectivity index is 1.80. The van der Waals surface area contributed by atoms with Gasteiger partial charge in [-0.25, -0.2) is 9.78 Å². The Bertz CT molecular complexity index is 519. The van der Waals surface area contributed by atoms with Gasteiger partial charge in [-0.2, -0.15) is 4.98 Å². The highest BCUT2D eigenvalue weighted by Crippen LogP contribution is 2.21. The molecule has 0 radical (unpaired) electrons. The predicted octanol–water partition coefficient (Wildman–Crippen LogP) is 2.83. The van der Waals surface area contributed by atoms with Gasteiger partial charge in [-0.05, 0) is 33.4 Å². The van der Waals surface area contributed by atoms with E-state index < -0.39 is 5.60 Å². The molecule has 2 heterocycles. The summed E-state index contributed by atoms with van der Waals surface area (Å²) in [7, 11) is 0. The quantitative estimate of drug-likeness (QED) is 0.626. The number of aromatic nitrogens is 2. The second-order valence-corrected chi connectivity index (χ2v) is 7.05. The van der Waals surface area contributed by atoms with Gasteiger partial charge in [0.05, 0.1) is 6.61 Å². The molecular formula is C15H23N3O3S. The van der Waals surface area contributed by atoms with Crippen molar-refractivity contribution >= 4 is 17.9 Å². The lowest BCUT2D eigenvalue weighted by atomic mass is 10.1. The number of carbonyl (C=O) groups is 1. The first-order valence-corrected chi connectivity index (χ1v) is 8.57. The monoisotopic (exact) mass is 325 g/mol. The van der Waals surface area contributed by atoms with E-state index in [4.69, 9.17) is 9.47 Å². The smallest absolute Gasteiger partial charge is 0.410 e. The van der Waals surface area contributed by atoms with E-state index in [-0.39, 0.29) is 6.09 Å². The summed E-state index contributed by atoms with van der Waals surface area (Å²) in [4.78, 5) is 22.1. The number of thioether (sulfide) groups is 1. The van der Waals surface area contributed by atoms with Crippen molar-refractivity contribution in [3.8, 4) is 5.88 Å². The molecule has 0 bridgehead atoms. The zero-order valence-corrected chi connectivity index (χ0v) is 14.4. The third kappa shape index (κ3) is 5.05. The molecule has 1 atom stereocenters. The van der Waals surface area contributed by atoms with Crippen LogP contribution in [0, 0.1) is 5.92 Å². The molecule has 1 aromatic heterocycles. The number of amides is 1. The van der Waals surface area contributed by atoms with Crippen LogP contribution in [0.3, 0.4) is 0 Å². The molecule has 1 fully saturated rings. The van der Waals surface area contributed by atoms with Crippen LogP contribution in [-0.4, -0.2) is 52.5 Å². The molecule has 0 saturated carbocycles. The second-order valence-electron chi connectivity index (χ2n) is 6.27. The van der Waals surface area contributed by atoms with Crippen molar-refractivity contribution < 1.29 is 14.3 Å². The summed E-state index contributed by atoms with van der Waals surface area (Å²) in [5.41, 5.74) is -0.457. The summed E-state index contributed by atoms with van der Waals surface area (Å²) < 4.78 is 11.1. The van der Waals surface area contributed by atoms with E-state index in [0.717, 1.165) is 6.42 Å². The van der Waals surface area contributed by atoms with Crippen molar-refractivity contribution in [3.05, 3.63) is 12.3 Å². The van der Waals surface area contributed by atoms with E-state index in [1.165, 1.54) is 11.8 Å². The van der Waals surface area contributed by atoms with Crippen LogP contribution in [0.5, 0.6) is 5.88 Å². The van der Waals surface area contributed by atoms with Gasteiger partial charge in [-0.3, -0.25) is 0 Å². The summed E-state index contributed by atoms with van der Waals surface area (Å²) in [6.07, 6.45) is 4.28. The van der Waals surface area contributed by atoms with Crippen LogP contribution in [0.25, 0.3) is 0 Å². The van der Waals surface area contributed by atoms with Crippen molar-refractivity contribution in [2.75, 3.05) is 26.0 Å². The number of likely N-dealkylation sites (tertiary alicyclic amines) is 1. The van der Waals surface area contributed by atoms with E-state index in [2.05, 4.69) is 9.97 Å². The molecule has 1 amide bonds. The highest BCUT2D eigenvalue weighted by atomic mass is 32.2. The first-order chi connectivity index (χ1) is 10.4. The third-order valence-corrected chi connectivity index (χ3v) is 3.76. The molecule has 6 nitrogen and oxygen atoms in total. The number of hydrogen-bond donors (Lipinski definition) is 0. The van der Waals surface area contributed by atoms with Crippen molar-refractivity contribution in [2.24, 2.45) is 5.92 Å². The maximum atomic E-state index is 12.0. The Morgan fingerprint density at radius 1 is 1.50 bits per heavy atom. The second kappa shape index (κ2) is 7.17. The summed E-state index contributed by atoms with van der Waals surface area (Å²) in [6, 6.07) is 1.75. The third-order valence-electron chi connectivity index (χ3n) is 3.19. The normalized spacial score (nSPS) is 18.4. The maximum absolute atomic E-state index is 12.0. The van der Waals surface area contributed by atoms with Crippen molar-refractivity contribution in [2.45, 2.75) is 37.9 Å². The lowest BCUT2D eigenvalue weighted by Gasteiger charge is -2.24. The minimum Gasteiger partial charge on any atom is -0.477 e. The van der Waals surface area contributed by atoms with Crippen LogP contribution in [-0.2, 0) is 4.74 Å². The Morgan fingerprint density at radius 2 is 2.27 bits per heavy atom. The molecule has 122 valence electrons. The molecule has 1 aromatic rings. The summed E-state index contributed by atoms with van der Waals surface area (Å²) in [6.45, 7) is 7.54. The van der Waals surface area contributed by atoms with Crippen molar-refractivity contribution in [1.82, 2.24) is 14.9 Å². The Kier molecular flexibility index (Phi) is 5.50. The fourth-order valence-electron chi connectivity index (χ4n) is 2.17. The van der Waals surface area contributed by atoms with Gasteiger partial charge in [0.25, 0.3) is 0 Å². The molecule has 1 aliphatic rings. The van der Waals surface area contributed by atoms with Crippen molar-refractivity contribution in [3.63, 3.8) is 0 Å². The topological polar surface area (TPSA) is 64.5 Å². The van der Waals surface area contributed by atoms with E-state index in [1.807, 2.05) is 27.0 Å². The van der Waals surface area contributed by atoms with Gasteiger partial charge in [-0.15, -0.1) is 0 Å². The summed E-state index contributed by atoms with van der Waals surface area (Å²) >= 11 is 1.48. The molecule has 0 unspecified atom stereocenters. The molecule has 1 saturated heterocycles. The average Bonchev–Trinajstić information content (AvgIpc) is 2.92.